The summed E-state index contributed by atoms with van der Waals surface area (Å²) in [7, 11) is 1.64. The van der Waals surface area contributed by atoms with E-state index < -0.39 is 0 Å². The van der Waals surface area contributed by atoms with Gasteiger partial charge in [-0.2, -0.15) is 0 Å². The van der Waals surface area contributed by atoms with Crippen molar-refractivity contribution in [2.45, 2.75) is 27.0 Å². The number of hydrogen-bond donors (Lipinski definition) is 1. The van der Waals surface area contributed by atoms with E-state index >= 15 is 0 Å². The van der Waals surface area contributed by atoms with Crippen LogP contribution in [0, 0.1) is 13.8 Å². The molecule has 0 spiro atoms. The maximum Gasteiger partial charge on any atom is 0.161 e. The monoisotopic (exact) mass is 271 g/mol. The van der Waals surface area contributed by atoms with E-state index in [4.69, 9.17) is 15.2 Å². The zero-order valence-electron chi connectivity index (χ0n) is 12.3. The molecule has 0 saturated carbocycles. The fourth-order valence-electron chi connectivity index (χ4n) is 2.02. The highest BCUT2D eigenvalue weighted by molar-refractivity contribution is 5.43. The zero-order valence-corrected chi connectivity index (χ0v) is 12.3. The van der Waals surface area contributed by atoms with Crippen LogP contribution in [0.15, 0.2) is 36.4 Å². The van der Waals surface area contributed by atoms with Gasteiger partial charge in [-0.1, -0.05) is 24.3 Å². The first-order chi connectivity index (χ1) is 9.63. The summed E-state index contributed by atoms with van der Waals surface area (Å²) in [6.45, 7) is 5.22. The molecule has 106 valence electrons. The number of benzene rings is 2. The first-order valence-corrected chi connectivity index (χ1v) is 6.70. The van der Waals surface area contributed by atoms with Gasteiger partial charge in [0.25, 0.3) is 0 Å². The van der Waals surface area contributed by atoms with E-state index in [0.29, 0.717) is 13.2 Å². The minimum atomic E-state index is 0.490. The number of ether oxygens (including phenoxy) is 2. The molecule has 0 bridgehead atoms. The molecule has 0 aliphatic heterocycles. The molecule has 2 aromatic rings. The van der Waals surface area contributed by atoms with Crippen molar-refractivity contribution >= 4 is 0 Å². The van der Waals surface area contributed by atoms with E-state index in [1.807, 2.05) is 18.2 Å². The SMILES string of the molecule is COc1ccc(CN)cc1OCc1ccc(C)c(C)c1. The summed E-state index contributed by atoms with van der Waals surface area (Å²) < 4.78 is 11.2. The molecule has 20 heavy (non-hydrogen) atoms. The maximum atomic E-state index is 5.87. The molecule has 2 N–H and O–H groups in total. The fourth-order valence-corrected chi connectivity index (χ4v) is 2.02. The Bertz CT molecular complexity index is 594. The molecule has 0 saturated heterocycles. The summed E-state index contributed by atoms with van der Waals surface area (Å²) in [5.41, 5.74) is 10.4. The molecule has 0 unspecified atom stereocenters. The van der Waals surface area contributed by atoms with Crippen LogP contribution in [0.25, 0.3) is 0 Å². The molecule has 3 nitrogen and oxygen atoms in total. The molecule has 0 aromatic heterocycles. The lowest BCUT2D eigenvalue weighted by Gasteiger charge is -2.12. The van der Waals surface area contributed by atoms with Crippen molar-refractivity contribution in [1.29, 1.82) is 0 Å². The van der Waals surface area contributed by atoms with Crippen LogP contribution in [0.4, 0.5) is 0 Å². The Kier molecular flexibility index (Phi) is 4.64. The van der Waals surface area contributed by atoms with Crippen LogP contribution >= 0.6 is 0 Å². The summed E-state index contributed by atoms with van der Waals surface area (Å²) in [4.78, 5) is 0. The third kappa shape index (κ3) is 3.31. The summed E-state index contributed by atoms with van der Waals surface area (Å²) in [6.07, 6.45) is 0. The van der Waals surface area contributed by atoms with Crippen LogP contribution in [0.3, 0.4) is 0 Å². The Balaban J connectivity index is 2.15. The Hall–Kier alpha value is -2.00. The van der Waals surface area contributed by atoms with Crippen LogP contribution in [0.1, 0.15) is 22.3 Å². The van der Waals surface area contributed by atoms with Crippen molar-refractivity contribution in [1.82, 2.24) is 0 Å². The van der Waals surface area contributed by atoms with Gasteiger partial charge in [-0.05, 0) is 48.2 Å². The van der Waals surface area contributed by atoms with Crippen LogP contribution in [-0.2, 0) is 13.2 Å². The van der Waals surface area contributed by atoms with E-state index in [1.165, 1.54) is 11.1 Å². The van der Waals surface area contributed by atoms with Gasteiger partial charge in [-0.3, -0.25) is 0 Å². The van der Waals surface area contributed by atoms with Crippen LogP contribution in [0.5, 0.6) is 11.5 Å². The molecule has 0 radical (unpaired) electrons. The number of methoxy groups -OCH3 is 1. The molecule has 0 aliphatic rings. The lowest BCUT2D eigenvalue weighted by molar-refractivity contribution is 0.284. The van der Waals surface area contributed by atoms with Crippen LogP contribution in [0.2, 0.25) is 0 Å². The van der Waals surface area contributed by atoms with E-state index in [0.717, 1.165) is 22.6 Å². The summed E-state index contributed by atoms with van der Waals surface area (Å²) in [5.74, 6) is 1.46. The second-order valence-corrected chi connectivity index (χ2v) is 4.90. The lowest BCUT2D eigenvalue weighted by atomic mass is 10.1. The minimum absolute atomic E-state index is 0.490. The highest BCUT2D eigenvalue weighted by atomic mass is 16.5. The highest BCUT2D eigenvalue weighted by Crippen LogP contribution is 2.28. The topological polar surface area (TPSA) is 44.5 Å². The molecule has 2 rings (SSSR count). The predicted octanol–water partition coefficient (Wildman–Crippen LogP) is 3.35. The van der Waals surface area contributed by atoms with E-state index in [1.54, 1.807) is 7.11 Å². The highest BCUT2D eigenvalue weighted by Gasteiger charge is 2.06. The number of rotatable bonds is 5. The van der Waals surface area contributed by atoms with E-state index in [-0.39, 0.29) is 0 Å². The standard InChI is InChI=1S/C17H21NO2/c1-12-4-5-15(8-13(12)2)11-20-17-9-14(10-18)6-7-16(17)19-3/h4-9H,10-11,18H2,1-3H3. The maximum absolute atomic E-state index is 5.87. The van der Waals surface area contributed by atoms with Gasteiger partial charge in [0.1, 0.15) is 6.61 Å². The Morgan fingerprint density at radius 2 is 1.65 bits per heavy atom. The minimum Gasteiger partial charge on any atom is -0.493 e. The first-order valence-electron chi connectivity index (χ1n) is 6.70. The van der Waals surface area contributed by atoms with Gasteiger partial charge in [0.05, 0.1) is 7.11 Å². The van der Waals surface area contributed by atoms with E-state index in [2.05, 4.69) is 32.0 Å². The van der Waals surface area contributed by atoms with Crippen molar-refractivity contribution in [2.24, 2.45) is 5.73 Å². The quantitative estimate of drug-likeness (QED) is 0.907. The van der Waals surface area contributed by atoms with Crippen LogP contribution < -0.4 is 15.2 Å². The van der Waals surface area contributed by atoms with Gasteiger partial charge in [-0.25, -0.2) is 0 Å². The van der Waals surface area contributed by atoms with Crippen molar-refractivity contribution < 1.29 is 9.47 Å². The Morgan fingerprint density at radius 1 is 0.900 bits per heavy atom. The van der Waals surface area contributed by atoms with Crippen molar-refractivity contribution in [2.75, 3.05) is 7.11 Å². The predicted molar refractivity (Wildman–Crippen MR) is 81.1 cm³/mol. The van der Waals surface area contributed by atoms with Gasteiger partial charge in [-0.15, -0.1) is 0 Å². The second-order valence-electron chi connectivity index (χ2n) is 4.90. The first kappa shape index (κ1) is 14.4. The van der Waals surface area contributed by atoms with Gasteiger partial charge in [0.15, 0.2) is 11.5 Å². The average molecular weight is 271 g/mol. The molecule has 0 aliphatic carbocycles. The van der Waals surface area contributed by atoms with Crippen LogP contribution in [-0.4, -0.2) is 7.11 Å². The van der Waals surface area contributed by atoms with Crippen molar-refractivity contribution in [3.05, 3.63) is 58.7 Å². The molecule has 0 amide bonds. The number of hydrogen-bond acceptors (Lipinski definition) is 3. The molecule has 2 aromatic carbocycles. The lowest BCUT2D eigenvalue weighted by Crippen LogP contribution is -2.01. The zero-order chi connectivity index (χ0) is 14.5. The number of aryl methyl sites for hydroxylation is 2. The van der Waals surface area contributed by atoms with Gasteiger partial charge >= 0.3 is 0 Å². The summed E-state index contributed by atoms with van der Waals surface area (Å²) in [5, 5.41) is 0. The molecule has 3 heteroatoms. The summed E-state index contributed by atoms with van der Waals surface area (Å²) in [6, 6.07) is 12.1. The van der Waals surface area contributed by atoms with Crippen molar-refractivity contribution in [3.8, 4) is 11.5 Å². The normalized spacial score (nSPS) is 10.4. The Morgan fingerprint density at radius 3 is 2.30 bits per heavy atom. The fraction of sp³-hybridized carbons (Fsp3) is 0.294. The second kappa shape index (κ2) is 6.44. The van der Waals surface area contributed by atoms with Gasteiger partial charge in [0.2, 0.25) is 0 Å². The average Bonchev–Trinajstić information content (AvgIpc) is 2.48. The number of nitrogens with two attached hydrogens (primary N) is 1. The smallest absolute Gasteiger partial charge is 0.161 e. The molecular weight excluding hydrogens is 250 g/mol. The van der Waals surface area contributed by atoms with Gasteiger partial charge < -0.3 is 15.2 Å². The largest absolute Gasteiger partial charge is 0.493 e. The summed E-state index contributed by atoms with van der Waals surface area (Å²) >= 11 is 0. The van der Waals surface area contributed by atoms with Gasteiger partial charge in [0, 0.05) is 6.54 Å². The molecule has 0 atom stereocenters. The molecule has 0 heterocycles. The molecular formula is C17H21NO2. The Labute approximate surface area is 120 Å². The third-order valence-corrected chi connectivity index (χ3v) is 3.43. The van der Waals surface area contributed by atoms with E-state index in [9.17, 15) is 0 Å². The third-order valence-electron chi connectivity index (χ3n) is 3.43. The molecule has 0 fully saturated rings. The van der Waals surface area contributed by atoms with Crippen molar-refractivity contribution in [3.63, 3.8) is 0 Å².